The van der Waals surface area contributed by atoms with Crippen LogP contribution in [0.4, 0.5) is 0 Å². The maximum Gasteiger partial charge on any atom is 0.225 e. The van der Waals surface area contributed by atoms with Gasteiger partial charge in [0.1, 0.15) is 0 Å². The molecule has 1 aromatic rings. The summed E-state index contributed by atoms with van der Waals surface area (Å²) in [6.45, 7) is 5.65. The van der Waals surface area contributed by atoms with Gasteiger partial charge in [-0.2, -0.15) is 0 Å². The molecule has 3 rings (SSSR count). The minimum atomic E-state index is -0.207. The Morgan fingerprint density at radius 3 is 2.79 bits per heavy atom. The van der Waals surface area contributed by atoms with E-state index in [2.05, 4.69) is 24.1 Å². The van der Waals surface area contributed by atoms with Crippen molar-refractivity contribution in [2.24, 2.45) is 17.8 Å². The van der Waals surface area contributed by atoms with Crippen LogP contribution < -0.4 is 5.32 Å². The fourth-order valence-corrected chi connectivity index (χ4v) is 3.50. The summed E-state index contributed by atoms with van der Waals surface area (Å²) >= 11 is 0. The van der Waals surface area contributed by atoms with Crippen molar-refractivity contribution in [2.75, 3.05) is 13.1 Å². The summed E-state index contributed by atoms with van der Waals surface area (Å²) < 4.78 is 0. The highest BCUT2D eigenvalue weighted by Crippen LogP contribution is 2.37. The lowest BCUT2D eigenvalue weighted by molar-refractivity contribution is -0.144. The Kier molecular flexibility index (Phi) is 5.17. The van der Waals surface area contributed by atoms with Crippen molar-refractivity contribution in [3.63, 3.8) is 0 Å². The molecule has 0 unspecified atom stereocenters. The zero-order valence-corrected chi connectivity index (χ0v) is 14.6. The molecule has 1 N–H and O–H groups in total. The first-order chi connectivity index (χ1) is 11.6. The molecule has 5 heteroatoms. The van der Waals surface area contributed by atoms with Crippen molar-refractivity contribution in [1.29, 1.82) is 0 Å². The van der Waals surface area contributed by atoms with Crippen LogP contribution in [0.3, 0.4) is 0 Å². The average Bonchev–Trinajstić information content (AvgIpc) is 3.39. The van der Waals surface area contributed by atoms with Crippen LogP contribution in [0, 0.1) is 17.8 Å². The Morgan fingerprint density at radius 2 is 2.17 bits per heavy atom. The molecule has 2 aliphatic rings. The summed E-state index contributed by atoms with van der Waals surface area (Å²) in [6, 6.07) is 3.65. The van der Waals surface area contributed by atoms with Crippen molar-refractivity contribution in [3.05, 3.63) is 30.1 Å². The van der Waals surface area contributed by atoms with Crippen LogP contribution in [-0.2, 0) is 9.59 Å². The summed E-state index contributed by atoms with van der Waals surface area (Å²) in [5.41, 5.74) is 0.956. The van der Waals surface area contributed by atoms with Crippen LogP contribution in [0.1, 0.15) is 51.1 Å². The molecule has 5 nitrogen and oxygen atoms in total. The third-order valence-corrected chi connectivity index (χ3v) is 4.89. The Labute approximate surface area is 143 Å². The van der Waals surface area contributed by atoms with Crippen LogP contribution in [0.25, 0.3) is 0 Å². The number of aromatic nitrogens is 1. The Morgan fingerprint density at radius 1 is 1.38 bits per heavy atom. The van der Waals surface area contributed by atoms with Crippen LogP contribution in [0.15, 0.2) is 24.5 Å². The van der Waals surface area contributed by atoms with Crippen molar-refractivity contribution in [2.45, 2.75) is 45.6 Å². The van der Waals surface area contributed by atoms with Crippen molar-refractivity contribution < 1.29 is 9.59 Å². The van der Waals surface area contributed by atoms with Gasteiger partial charge >= 0.3 is 0 Å². The third-order valence-electron chi connectivity index (χ3n) is 4.89. The van der Waals surface area contributed by atoms with Gasteiger partial charge in [-0.1, -0.05) is 19.9 Å². The zero-order valence-electron chi connectivity index (χ0n) is 14.6. The molecule has 2 amide bonds. The molecule has 2 atom stereocenters. The van der Waals surface area contributed by atoms with E-state index in [1.807, 2.05) is 17.0 Å². The molecule has 0 radical (unpaired) electrons. The van der Waals surface area contributed by atoms with Gasteiger partial charge in [0, 0.05) is 31.9 Å². The molecule has 2 fully saturated rings. The average molecular weight is 329 g/mol. The largest absolute Gasteiger partial charge is 0.356 e. The lowest BCUT2D eigenvalue weighted by Crippen LogP contribution is -2.49. The van der Waals surface area contributed by atoms with Crippen molar-refractivity contribution in [1.82, 2.24) is 15.2 Å². The second-order valence-electron chi connectivity index (χ2n) is 7.50. The van der Waals surface area contributed by atoms with Gasteiger partial charge in [-0.25, -0.2) is 0 Å². The smallest absolute Gasteiger partial charge is 0.225 e. The number of nitrogens with zero attached hydrogens (tertiary/aromatic N) is 2. The minimum Gasteiger partial charge on any atom is -0.356 e. The van der Waals surface area contributed by atoms with E-state index in [0.29, 0.717) is 31.2 Å². The van der Waals surface area contributed by atoms with Crippen LogP contribution in [0.2, 0.25) is 0 Å². The molecule has 1 aromatic heterocycles. The van der Waals surface area contributed by atoms with Gasteiger partial charge in [0.2, 0.25) is 11.8 Å². The molecule has 130 valence electrons. The number of hydrogen-bond donors (Lipinski definition) is 1. The van der Waals surface area contributed by atoms with E-state index in [-0.39, 0.29) is 23.8 Å². The molecular weight excluding hydrogens is 302 g/mol. The number of amides is 2. The summed E-state index contributed by atoms with van der Waals surface area (Å²) in [7, 11) is 0. The third kappa shape index (κ3) is 3.94. The SMILES string of the molecule is CC(C)CN1C(=O)CC[C@@H](C(=O)NCC2CC2)[C@@H]1c1cccnc1. The number of carbonyl (C=O) groups excluding carboxylic acids is 2. The first-order valence-electron chi connectivity index (χ1n) is 9.03. The van der Waals surface area contributed by atoms with Crippen LogP contribution >= 0.6 is 0 Å². The van der Waals surface area contributed by atoms with E-state index in [4.69, 9.17) is 0 Å². The molecule has 1 saturated carbocycles. The van der Waals surface area contributed by atoms with Gasteiger partial charge < -0.3 is 10.2 Å². The van der Waals surface area contributed by atoms with Gasteiger partial charge in [0.15, 0.2) is 0 Å². The Balaban J connectivity index is 1.84. The predicted molar refractivity (Wildman–Crippen MR) is 92.0 cm³/mol. The predicted octanol–water partition coefficient (Wildman–Crippen LogP) is 2.54. The molecule has 24 heavy (non-hydrogen) atoms. The topological polar surface area (TPSA) is 62.3 Å². The zero-order chi connectivity index (χ0) is 17.1. The fourth-order valence-electron chi connectivity index (χ4n) is 3.50. The lowest BCUT2D eigenvalue weighted by Gasteiger charge is -2.41. The normalized spacial score (nSPS) is 24.3. The summed E-state index contributed by atoms with van der Waals surface area (Å²) in [6.07, 6.45) is 7.01. The molecule has 1 aliphatic heterocycles. The number of hydrogen-bond acceptors (Lipinski definition) is 3. The van der Waals surface area contributed by atoms with E-state index in [1.165, 1.54) is 12.8 Å². The number of rotatable bonds is 6. The monoisotopic (exact) mass is 329 g/mol. The highest BCUT2D eigenvalue weighted by molar-refractivity contribution is 5.85. The fraction of sp³-hybridized carbons (Fsp3) is 0.632. The van der Waals surface area contributed by atoms with Crippen LogP contribution in [-0.4, -0.2) is 34.8 Å². The lowest BCUT2D eigenvalue weighted by atomic mass is 9.83. The molecule has 2 heterocycles. The first-order valence-corrected chi connectivity index (χ1v) is 9.03. The number of carbonyl (C=O) groups is 2. The summed E-state index contributed by atoms with van der Waals surface area (Å²) in [5, 5.41) is 3.11. The second kappa shape index (κ2) is 7.32. The number of likely N-dealkylation sites (tertiary alicyclic amines) is 1. The maximum atomic E-state index is 12.8. The quantitative estimate of drug-likeness (QED) is 0.872. The molecule has 1 saturated heterocycles. The van der Waals surface area contributed by atoms with Crippen molar-refractivity contribution in [3.8, 4) is 0 Å². The van der Waals surface area contributed by atoms with E-state index >= 15 is 0 Å². The van der Waals surface area contributed by atoms with E-state index in [9.17, 15) is 9.59 Å². The Bertz CT molecular complexity index is 584. The van der Waals surface area contributed by atoms with Gasteiger partial charge in [0.05, 0.1) is 12.0 Å². The molecule has 0 spiro atoms. The molecule has 1 aliphatic carbocycles. The Hall–Kier alpha value is -1.91. The highest BCUT2D eigenvalue weighted by atomic mass is 16.2. The van der Waals surface area contributed by atoms with E-state index < -0.39 is 0 Å². The van der Waals surface area contributed by atoms with Gasteiger partial charge in [-0.05, 0) is 42.7 Å². The minimum absolute atomic E-state index is 0.0806. The second-order valence-corrected chi connectivity index (χ2v) is 7.50. The molecular formula is C19H27N3O2. The number of nitrogens with one attached hydrogen (secondary N) is 1. The highest BCUT2D eigenvalue weighted by Gasteiger charge is 2.41. The van der Waals surface area contributed by atoms with Gasteiger partial charge in [-0.15, -0.1) is 0 Å². The van der Waals surface area contributed by atoms with Gasteiger partial charge in [-0.3, -0.25) is 14.6 Å². The maximum absolute atomic E-state index is 12.8. The summed E-state index contributed by atoms with van der Waals surface area (Å²) in [5.74, 6) is 1.05. The molecule has 0 aromatic carbocycles. The summed E-state index contributed by atoms with van der Waals surface area (Å²) in [4.78, 5) is 31.4. The standard InChI is InChI=1S/C19H27N3O2/c1-13(2)12-22-17(23)8-7-16(19(24)21-10-14-5-6-14)18(22)15-4-3-9-20-11-15/h3-4,9,11,13-14,16,18H,5-8,10,12H2,1-2H3,(H,21,24)/t16-,18+/m1/s1. The molecule has 0 bridgehead atoms. The number of piperidine rings is 1. The number of pyridine rings is 1. The first kappa shape index (κ1) is 16.9. The van der Waals surface area contributed by atoms with E-state index in [0.717, 1.165) is 12.1 Å². The van der Waals surface area contributed by atoms with E-state index in [1.54, 1.807) is 12.4 Å². The van der Waals surface area contributed by atoms with Gasteiger partial charge in [0.25, 0.3) is 0 Å². The van der Waals surface area contributed by atoms with Crippen LogP contribution in [0.5, 0.6) is 0 Å². The van der Waals surface area contributed by atoms with Crippen molar-refractivity contribution >= 4 is 11.8 Å².